The van der Waals surface area contributed by atoms with Gasteiger partial charge in [0.15, 0.2) is 0 Å². The molecular weight excluding hydrogens is 296 g/mol. The van der Waals surface area contributed by atoms with E-state index in [0.717, 1.165) is 4.47 Å². The topological polar surface area (TPSA) is 39.4 Å². The van der Waals surface area contributed by atoms with Crippen molar-refractivity contribution in [3.63, 3.8) is 0 Å². The molecule has 0 unspecified atom stereocenters. The van der Waals surface area contributed by atoms with Crippen LogP contribution >= 0.6 is 15.9 Å². The molecule has 0 aliphatic heterocycles. The van der Waals surface area contributed by atoms with E-state index in [9.17, 15) is 4.79 Å². The van der Waals surface area contributed by atoms with Gasteiger partial charge in [0, 0.05) is 4.47 Å². The molecule has 0 atom stereocenters. The highest BCUT2D eigenvalue weighted by atomic mass is 79.9. The fraction of sp³-hybridized carbons (Fsp3) is 0.0714. The maximum absolute atomic E-state index is 12.3. The first-order valence-electron chi connectivity index (χ1n) is 5.39. The number of ether oxygens (including phenoxy) is 1. The summed E-state index contributed by atoms with van der Waals surface area (Å²) in [5.41, 5.74) is 1.09. The lowest BCUT2D eigenvalue weighted by Gasteiger charge is -2.04. The molecule has 0 bridgehead atoms. The highest BCUT2D eigenvalue weighted by molar-refractivity contribution is 9.10. The lowest BCUT2D eigenvalue weighted by atomic mass is 10.1. The van der Waals surface area contributed by atoms with Crippen LogP contribution in [0.3, 0.4) is 0 Å². The maximum atomic E-state index is 12.3. The molecular formula is C14H9BrO3. The lowest BCUT2D eigenvalue weighted by Crippen LogP contribution is -2.02. The van der Waals surface area contributed by atoms with Crippen LogP contribution < -0.4 is 10.2 Å². The zero-order chi connectivity index (χ0) is 12.7. The fourth-order valence-corrected chi connectivity index (χ4v) is 2.27. The molecule has 3 rings (SSSR count). The summed E-state index contributed by atoms with van der Waals surface area (Å²) in [7, 11) is 1.57. The van der Waals surface area contributed by atoms with Crippen molar-refractivity contribution in [2.75, 3.05) is 7.11 Å². The van der Waals surface area contributed by atoms with Crippen LogP contribution in [0, 0.1) is 0 Å². The highest BCUT2D eigenvalue weighted by Gasteiger charge is 2.08. The van der Waals surface area contributed by atoms with E-state index in [1.165, 1.54) is 0 Å². The van der Waals surface area contributed by atoms with Gasteiger partial charge in [-0.05, 0) is 36.4 Å². The largest absolute Gasteiger partial charge is 0.497 e. The summed E-state index contributed by atoms with van der Waals surface area (Å²) in [6, 6.07) is 10.6. The van der Waals surface area contributed by atoms with Crippen molar-refractivity contribution >= 4 is 37.9 Å². The molecule has 1 aromatic heterocycles. The van der Waals surface area contributed by atoms with Gasteiger partial charge < -0.3 is 9.15 Å². The van der Waals surface area contributed by atoms with E-state index in [2.05, 4.69) is 15.9 Å². The van der Waals surface area contributed by atoms with Crippen LogP contribution in [0.2, 0.25) is 0 Å². The number of halogens is 1. The van der Waals surface area contributed by atoms with Crippen LogP contribution in [0.1, 0.15) is 0 Å². The predicted molar refractivity (Wildman–Crippen MR) is 74.2 cm³/mol. The van der Waals surface area contributed by atoms with Crippen molar-refractivity contribution in [1.29, 1.82) is 0 Å². The van der Waals surface area contributed by atoms with Crippen LogP contribution in [0.5, 0.6) is 5.75 Å². The minimum absolute atomic E-state index is 0.0438. The van der Waals surface area contributed by atoms with Crippen LogP contribution in [0.25, 0.3) is 21.9 Å². The van der Waals surface area contributed by atoms with E-state index in [1.807, 2.05) is 6.07 Å². The first-order chi connectivity index (χ1) is 8.69. The Morgan fingerprint density at radius 2 is 1.89 bits per heavy atom. The Hall–Kier alpha value is -1.81. The first-order valence-corrected chi connectivity index (χ1v) is 6.18. The van der Waals surface area contributed by atoms with Crippen LogP contribution in [-0.2, 0) is 0 Å². The molecule has 0 fully saturated rings. The van der Waals surface area contributed by atoms with Gasteiger partial charge in [0.2, 0.25) is 5.43 Å². The average molecular weight is 305 g/mol. The van der Waals surface area contributed by atoms with Gasteiger partial charge in [-0.25, -0.2) is 0 Å². The number of hydrogen-bond donors (Lipinski definition) is 0. The molecule has 0 saturated carbocycles. The van der Waals surface area contributed by atoms with E-state index >= 15 is 0 Å². The van der Waals surface area contributed by atoms with Gasteiger partial charge in [-0.3, -0.25) is 4.79 Å². The Morgan fingerprint density at radius 1 is 1.06 bits per heavy atom. The molecule has 0 radical (unpaired) electrons. The average Bonchev–Trinajstić information content (AvgIpc) is 2.38. The molecule has 0 saturated heterocycles. The van der Waals surface area contributed by atoms with Crippen LogP contribution in [0.15, 0.2) is 50.1 Å². The zero-order valence-corrected chi connectivity index (χ0v) is 11.2. The molecule has 2 aromatic carbocycles. The summed E-state index contributed by atoms with van der Waals surface area (Å²) < 4.78 is 11.7. The Morgan fingerprint density at radius 3 is 2.67 bits per heavy atom. The minimum Gasteiger partial charge on any atom is -0.497 e. The maximum Gasteiger partial charge on any atom is 0.200 e. The molecule has 0 aliphatic carbocycles. The van der Waals surface area contributed by atoms with Crippen molar-refractivity contribution in [2.45, 2.75) is 0 Å². The molecule has 4 heteroatoms. The Kier molecular flexibility index (Phi) is 2.59. The summed E-state index contributed by atoms with van der Waals surface area (Å²) in [5, 5.41) is 1.10. The zero-order valence-electron chi connectivity index (χ0n) is 9.57. The molecule has 1 heterocycles. The van der Waals surface area contributed by atoms with Gasteiger partial charge in [0.1, 0.15) is 16.9 Å². The Bertz CT molecular complexity index is 805. The summed E-state index contributed by atoms with van der Waals surface area (Å²) in [6.07, 6.45) is 0. The molecule has 90 valence electrons. The number of rotatable bonds is 1. The van der Waals surface area contributed by atoms with Crippen LogP contribution in [0.4, 0.5) is 0 Å². The van der Waals surface area contributed by atoms with E-state index < -0.39 is 0 Å². The normalized spacial score (nSPS) is 11.0. The van der Waals surface area contributed by atoms with E-state index in [4.69, 9.17) is 9.15 Å². The molecule has 3 nitrogen and oxygen atoms in total. The molecule has 0 aliphatic rings. The summed E-state index contributed by atoms with van der Waals surface area (Å²) in [4.78, 5) is 12.3. The van der Waals surface area contributed by atoms with Crippen molar-refractivity contribution in [3.05, 3.63) is 51.1 Å². The number of benzene rings is 2. The molecule has 18 heavy (non-hydrogen) atoms. The van der Waals surface area contributed by atoms with Gasteiger partial charge in [0.25, 0.3) is 0 Å². The van der Waals surface area contributed by atoms with Gasteiger partial charge in [-0.2, -0.15) is 0 Å². The van der Waals surface area contributed by atoms with E-state index in [1.54, 1.807) is 37.4 Å². The van der Waals surface area contributed by atoms with Crippen molar-refractivity contribution < 1.29 is 9.15 Å². The third kappa shape index (κ3) is 1.69. The fourth-order valence-electron chi connectivity index (χ4n) is 1.93. The molecule has 3 aromatic rings. The van der Waals surface area contributed by atoms with E-state index in [-0.39, 0.29) is 5.43 Å². The highest BCUT2D eigenvalue weighted by Crippen LogP contribution is 2.24. The van der Waals surface area contributed by atoms with Gasteiger partial charge in [-0.1, -0.05) is 15.9 Å². The smallest absolute Gasteiger partial charge is 0.200 e. The second kappa shape index (κ2) is 4.14. The summed E-state index contributed by atoms with van der Waals surface area (Å²) >= 11 is 3.36. The lowest BCUT2D eigenvalue weighted by molar-refractivity contribution is 0.415. The Balaban J connectivity index is 2.48. The first kappa shape index (κ1) is 11.3. The number of methoxy groups -OCH3 is 1. The molecule has 0 spiro atoms. The second-order valence-corrected chi connectivity index (χ2v) is 4.85. The third-order valence-electron chi connectivity index (χ3n) is 2.84. The van der Waals surface area contributed by atoms with Crippen molar-refractivity contribution in [1.82, 2.24) is 0 Å². The van der Waals surface area contributed by atoms with Gasteiger partial charge in [-0.15, -0.1) is 0 Å². The summed E-state index contributed by atoms with van der Waals surface area (Å²) in [6.45, 7) is 0. The van der Waals surface area contributed by atoms with Crippen molar-refractivity contribution in [2.24, 2.45) is 0 Å². The number of hydrogen-bond acceptors (Lipinski definition) is 3. The van der Waals surface area contributed by atoms with Crippen molar-refractivity contribution in [3.8, 4) is 5.75 Å². The van der Waals surface area contributed by atoms with Crippen LogP contribution in [-0.4, -0.2) is 7.11 Å². The monoisotopic (exact) mass is 304 g/mol. The SMILES string of the molecule is COc1ccc2oc3cc(Br)ccc3c(=O)c2c1. The molecule has 0 amide bonds. The second-order valence-electron chi connectivity index (χ2n) is 3.93. The number of fused-ring (bicyclic) bond motifs is 2. The predicted octanol–water partition coefficient (Wildman–Crippen LogP) is 3.72. The molecule has 0 N–H and O–H groups in total. The summed E-state index contributed by atoms with van der Waals surface area (Å²) in [5.74, 6) is 0.645. The third-order valence-corrected chi connectivity index (χ3v) is 3.33. The quantitative estimate of drug-likeness (QED) is 0.643. The Labute approximate surface area is 111 Å². The van der Waals surface area contributed by atoms with Gasteiger partial charge in [0.05, 0.1) is 17.9 Å². The van der Waals surface area contributed by atoms with Gasteiger partial charge >= 0.3 is 0 Å². The minimum atomic E-state index is -0.0438. The standard InChI is InChI=1S/C14H9BrO3/c1-17-9-3-5-12-11(7-9)14(16)10-4-2-8(15)6-13(10)18-12/h2-7H,1H3. The van der Waals surface area contributed by atoms with E-state index in [0.29, 0.717) is 27.7 Å².